The van der Waals surface area contributed by atoms with Gasteiger partial charge in [-0.15, -0.1) is 0 Å². The molecular formula is C44H42Br4O10. The van der Waals surface area contributed by atoms with Crippen LogP contribution in [-0.4, -0.2) is 67.3 Å². The first-order valence-electron chi connectivity index (χ1n) is 18.9. The topological polar surface area (TPSA) is 124 Å². The van der Waals surface area contributed by atoms with Gasteiger partial charge in [0.25, 0.3) is 0 Å². The van der Waals surface area contributed by atoms with Crippen LogP contribution in [0.3, 0.4) is 0 Å². The normalized spacial score (nSPS) is 24.4. The second-order valence-electron chi connectivity index (χ2n) is 14.8. The summed E-state index contributed by atoms with van der Waals surface area (Å²) in [4.78, 5) is 55.4. The third-order valence-corrected chi connectivity index (χ3v) is 12.4. The number of rotatable bonds is 12. The summed E-state index contributed by atoms with van der Waals surface area (Å²) in [5.74, 6) is -2.28. The Balaban J connectivity index is 1.44. The lowest BCUT2D eigenvalue weighted by molar-refractivity contribution is -0.315. The van der Waals surface area contributed by atoms with Crippen LogP contribution in [0.25, 0.3) is 0 Å². The van der Waals surface area contributed by atoms with E-state index < -0.39 is 61.2 Å². The predicted octanol–water partition coefficient (Wildman–Crippen LogP) is 10.8. The first-order chi connectivity index (χ1) is 27.7. The van der Waals surface area contributed by atoms with Crippen molar-refractivity contribution in [1.29, 1.82) is 0 Å². The second-order valence-corrected chi connectivity index (χ2v) is 18.4. The number of hydrogen-bond acceptors (Lipinski definition) is 10. The van der Waals surface area contributed by atoms with Gasteiger partial charge in [0.2, 0.25) is 0 Å². The van der Waals surface area contributed by atoms with Gasteiger partial charge in [-0.2, -0.15) is 0 Å². The van der Waals surface area contributed by atoms with Gasteiger partial charge in [0.15, 0.2) is 24.6 Å². The van der Waals surface area contributed by atoms with Crippen LogP contribution >= 0.6 is 63.7 Å². The average molecular weight is 1050 g/mol. The molecule has 1 aliphatic carbocycles. The van der Waals surface area contributed by atoms with Crippen molar-refractivity contribution in [3.63, 3.8) is 0 Å². The van der Waals surface area contributed by atoms with E-state index in [1.807, 2.05) is 0 Å². The van der Waals surface area contributed by atoms with Crippen molar-refractivity contribution < 1.29 is 47.6 Å². The molecule has 1 saturated heterocycles. The maximum absolute atomic E-state index is 14.1. The molecule has 0 unspecified atom stereocenters. The second kappa shape index (κ2) is 20.2. The van der Waals surface area contributed by atoms with E-state index in [2.05, 4.69) is 84.5 Å². The molecule has 0 spiro atoms. The highest BCUT2D eigenvalue weighted by molar-refractivity contribution is 9.11. The molecule has 8 atom stereocenters. The van der Waals surface area contributed by atoms with Crippen LogP contribution in [0, 0.1) is 17.8 Å². The van der Waals surface area contributed by atoms with Crippen LogP contribution in [0.5, 0.6) is 0 Å². The zero-order chi connectivity index (χ0) is 41.5. The Morgan fingerprint density at radius 2 is 0.983 bits per heavy atom. The summed E-state index contributed by atoms with van der Waals surface area (Å²) in [5.41, 5.74) is 0.845. The fourth-order valence-corrected chi connectivity index (χ4v) is 8.18. The summed E-state index contributed by atoms with van der Waals surface area (Å²) in [6.45, 7) is 5.98. The van der Waals surface area contributed by atoms with E-state index >= 15 is 0 Å². The Bertz CT molecular complexity index is 2040. The minimum atomic E-state index is -1.51. The molecule has 0 amide bonds. The third-order valence-electron chi connectivity index (χ3n) is 10.3. The number of hydrogen-bond donors (Lipinski definition) is 0. The number of esters is 4. The molecule has 10 nitrogen and oxygen atoms in total. The number of carbonyl (C=O) groups excluding carboxylic acids is 4. The van der Waals surface area contributed by atoms with Crippen molar-refractivity contribution in [1.82, 2.24) is 0 Å². The number of halogens is 4. The smallest absolute Gasteiger partial charge is 0.338 e. The Kier molecular flexibility index (Phi) is 15.4. The first-order valence-corrected chi connectivity index (χ1v) is 22.1. The molecule has 2 fully saturated rings. The molecule has 0 bridgehead atoms. The molecule has 58 heavy (non-hydrogen) atoms. The van der Waals surface area contributed by atoms with Crippen LogP contribution in [0.2, 0.25) is 0 Å². The summed E-state index contributed by atoms with van der Waals surface area (Å²) in [5, 5.41) is 0. The van der Waals surface area contributed by atoms with Crippen molar-refractivity contribution in [2.24, 2.45) is 17.8 Å². The van der Waals surface area contributed by atoms with Crippen LogP contribution in [-0.2, 0) is 28.4 Å². The Hall–Kier alpha value is -3.40. The van der Waals surface area contributed by atoms with Crippen molar-refractivity contribution in [3.8, 4) is 0 Å². The summed E-state index contributed by atoms with van der Waals surface area (Å²) in [6, 6.07) is 26.2. The zero-order valence-corrected chi connectivity index (χ0v) is 38.2. The molecule has 0 aromatic heterocycles. The van der Waals surface area contributed by atoms with Crippen molar-refractivity contribution in [3.05, 3.63) is 137 Å². The lowest BCUT2D eigenvalue weighted by Crippen LogP contribution is -2.64. The average Bonchev–Trinajstić information content (AvgIpc) is 3.20. The lowest BCUT2D eigenvalue weighted by atomic mass is 9.75. The SMILES string of the molecule is CC(C)[C@@H]1CC[C@@H](C)C[C@H]1O[C@@H]1O[C@H](COC(=O)c2ccc(Br)cc2)[C@H](OC(=O)c2ccc(Br)cc2)[C@H](OC(=O)c2ccc(Br)cc2)[C@H]1OC(=O)c1ccc(Br)cc1. The highest BCUT2D eigenvalue weighted by atomic mass is 79.9. The molecule has 4 aromatic carbocycles. The molecule has 0 radical (unpaired) electrons. The predicted molar refractivity (Wildman–Crippen MR) is 229 cm³/mol. The minimum Gasteiger partial charge on any atom is -0.459 e. The Morgan fingerprint density at radius 3 is 1.41 bits per heavy atom. The molecule has 2 aliphatic rings. The molecule has 4 aromatic rings. The van der Waals surface area contributed by atoms with Gasteiger partial charge in [0.05, 0.1) is 28.4 Å². The number of benzene rings is 4. The van der Waals surface area contributed by atoms with E-state index in [0.29, 0.717) is 12.3 Å². The molecule has 14 heteroatoms. The third kappa shape index (κ3) is 11.4. The van der Waals surface area contributed by atoms with E-state index in [-0.39, 0.29) is 40.2 Å². The maximum atomic E-state index is 14.1. The molecule has 6 rings (SSSR count). The van der Waals surface area contributed by atoms with Gasteiger partial charge in [-0.3, -0.25) is 0 Å². The van der Waals surface area contributed by atoms with Crippen LogP contribution in [0.4, 0.5) is 0 Å². The van der Waals surface area contributed by atoms with Crippen LogP contribution < -0.4 is 0 Å². The van der Waals surface area contributed by atoms with Crippen molar-refractivity contribution >= 4 is 87.6 Å². The van der Waals surface area contributed by atoms with Crippen molar-refractivity contribution in [2.45, 2.75) is 76.8 Å². The van der Waals surface area contributed by atoms with Gasteiger partial charge in [-0.05, 0) is 128 Å². The number of ether oxygens (including phenoxy) is 6. The monoisotopic (exact) mass is 1050 g/mol. The van der Waals surface area contributed by atoms with Gasteiger partial charge in [-0.1, -0.05) is 90.9 Å². The zero-order valence-electron chi connectivity index (χ0n) is 31.9. The molecule has 1 aliphatic heterocycles. The summed E-state index contributed by atoms with van der Waals surface area (Å²) >= 11 is 13.6. The molecule has 0 N–H and O–H groups in total. The fraction of sp³-hybridized carbons (Fsp3) is 0.364. The van der Waals surface area contributed by atoms with E-state index in [1.165, 1.54) is 0 Å². The molecule has 1 heterocycles. The summed E-state index contributed by atoms with van der Waals surface area (Å²) < 4.78 is 41.0. The van der Waals surface area contributed by atoms with E-state index in [1.54, 1.807) is 97.1 Å². The van der Waals surface area contributed by atoms with Gasteiger partial charge in [0, 0.05) is 17.9 Å². The molecule has 306 valence electrons. The molecular weight excluding hydrogens is 1010 g/mol. The Morgan fingerprint density at radius 1 is 0.586 bits per heavy atom. The van der Waals surface area contributed by atoms with Gasteiger partial charge >= 0.3 is 23.9 Å². The Labute approximate surface area is 371 Å². The highest BCUT2D eigenvalue weighted by Gasteiger charge is 2.54. The van der Waals surface area contributed by atoms with Gasteiger partial charge < -0.3 is 28.4 Å². The molecule has 1 saturated carbocycles. The van der Waals surface area contributed by atoms with Crippen molar-refractivity contribution in [2.75, 3.05) is 6.61 Å². The van der Waals surface area contributed by atoms with Gasteiger partial charge in [-0.25, -0.2) is 19.2 Å². The largest absolute Gasteiger partial charge is 0.459 e. The fourth-order valence-electron chi connectivity index (χ4n) is 7.13. The highest BCUT2D eigenvalue weighted by Crippen LogP contribution is 2.39. The minimum absolute atomic E-state index is 0.132. The van der Waals surface area contributed by atoms with E-state index in [4.69, 9.17) is 28.4 Å². The summed E-state index contributed by atoms with van der Waals surface area (Å²) in [6.07, 6.45) is -4.75. The van der Waals surface area contributed by atoms with Gasteiger partial charge in [0.1, 0.15) is 12.7 Å². The van der Waals surface area contributed by atoms with E-state index in [0.717, 1.165) is 30.7 Å². The van der Waals surface area contributed by atoms with E-state index in [9.17, 15) is 19.2 Å². The van der Waals surface area contributed by atoms with Crippen LogP contribution in [0.15, 0.2) is 115 Å². The lowest BCUT2D eigenvalue weighted by Gasteiger charge is -2.47. The quantitative estimate of drug-likeness (QED) is 0.100. The first kappa shape index (κ1) is 44.2. The standard InChI is InChI=1S/C44H42Br4O10/c1-24(2)34-21-4-25(3)22-35(34)54-44-39(58-43(52)29-11-19-33(48)20-12-29)38(57-42(51)28-9-17-32(47)18-10-28)37(56-41(50)27-7-15-31(46)16-8-27)36(55-44)23-53-40(49)26-5-13-30(45)14-6-26/h5-20,24-25,34-39,44H,4,21-23H2,1-3H3/t25-,34+,35-,36-,37+,38+,39-,44-/m1/s1. The van der Waals surface area contributed by atoms with Crippen LogP contribution in [0.1, 0.15) is 81.5 Å². The number of carbonyl (C=O) groups is 4. The summed E-state index contributed by atoms with van der Waals surface area (Å²) in [7, 11) is 0. The maximum Gasteiger partial charge on any atom is 0.338 e.